The highest BCUT2D eigenvalue weighted by Crippen LogP contribution is 2.25. The molecule has 0 aromatic carbocycles. The van der Waals surface area contributed by atoms with Gasteiger partial charge in [0, 0.05) is 39.7 Å². The van der Waals surface area contributed by atoms with E-state index in [9.17, 15) is 8.42 Å². The third-order valence-corrected chi connectivity index (χ3v) is 6.68. The molecule has 2 aliphatic rings. The molecule has 70 valence electrons. The third-order valence-electron chi connectivity index (χ3n) is 2.27. The molecule has 0 N–H and O–H groups in total. The third kappa shape index (κ3) is 1.49. The van der Waals surface area contributed by atoms with Crippen molar-refractivity contribution in [1.82, 2.24) is 0 Å². The van der Waals surface area contributed by atoms with Crippen LogP contribution in [0.2, 0.25) is 0 Å². The quantitative estimate of drug-likeness (QED) is 0.609. The predicted molar refractivity (Wildman–Crippen MR) is 48.8 cm³/mol. The molecule has 5 heteroatoms. The Kier molecular flexibility index (Phi) is 2.62. The standard InChI is InChI=1S/C7H12O3S2/c8-11-4-5-12(9)7(11)6-2-1-3-10-6/h6-7H,1-5H2/t6-,7?,11?,12?/m0/s1. The van der Waals surface area contributed by atoms with Crippen molar-refractivity contribution in [3.05, 3.63) is 0 Å². The predicted octanol–water partition coefficient (Wildman–Crippen LogP) is 0.00250. The summed E-state index contributed by atoms with van der Waals surface area (Å²) in [6.07, 6.45) is 1.96. The summed E-state index contributed by atoms with van der Waals surface area (Å²) < 4.78 is 28.0. The Morgan fingerprint density at radius 3 is 2.33 bits per heavy atom. The summed E-state index contributed by atoms with van der Waals surface area (Å²) in [6, 6.07) is 0. The Morgan fingerprint density at radius 1 is 1.17 bits per heavy atom. The van der Waals surface area contributed by atoms with E-state index in [0.29, 0.717) is 11.5 Å². The van der Waals surface area contributed by atoms with Crippen LogP contribution in [-0.4, -0.2) is 37.2 Å². The Morgan fingerprint density at radius 2 is 1.83 bits per heavy atom. The first-order valence-corrected chi connectivity index (χ1v) is 6.91. The van der Waals surface area contributed by atoms with E-state index in [1.807, 2.05) is 0 Å². The van der Waals surface area contributed by atoms with E-state index >= 15 is 0 Å². The fourth-order valence-electron chi connectivity index (χ4n) is 1.67. The molecular formula is C7H12O3S2. The van der Waals surface area contributed by atoms with Crippen LogP contribution in [0.15, 0.2) is 0 Å². The molecule has 2 heterocycles. The molecule has 0 amide bonds. The van der Waals surface area contributed by atoms with Gasteiger partial charge in [0.25, 0.3) is 0 Å². The van der Waals surface area contributed by atoms with E-state index in [0.717, 1.165) is 19.4 Å². The number of hydrogen-bond acceptors (Lipinski definition) is 3. The van der Waals surface area contributed by atoms with Crippen molar-refractivity contribution in [1.29, 1.82) is 0 Å². The summed E-state index contributed by atoms with van der Waals surface area (Å²) in [4.78, 5) is 0. The molecule has 12 heavy (non-hydrogen) atoms. The zero-order valence-corrected chi connectivity index (χ0v) is 8.36. The average Bonchev–Trinajstić information content (AvgIpc) is 2.61. The first-order chi connectivity index (χ1) is 5.79. The Bertz CT molecular complexity index is 207. The van der Waals surface area contributed by atoms with Crippen LogP contribution in [0.4, 0.5) is 0 Å². The molecule has 0 aromatic heterocycles. The van der Waals surface area contributed by atoms with Crippen LogP contribution in [0.25, 0.3) is 0 Å². The zero-order chi connectivity index (χ0) is 8.55. The Labute approximate surface area is 76.8 Å². The lowest BCUT2D eigenvalue weighted by Gasteiger charge is -2.14. The topological polar surface area (TPSA) is 43.4 Å². The van der Waals surface area contributed by atoms with Gasteiger partial charge in [-0.1, -0.05) is 0 Å². The van der Waals surface area contributed by atoms with Gasteiger partial charge in [-0.2, -0.15) is 0 Å². The van der Waals surface area contributed by atoms with E-state index in [1.54, 1.807) is 0 Å². The summed E-state index contributed by atoms with van der Waals surface area (Å²) in [5.74, 6) is 1.19. The molecule has 3 atom stereocenters. The molecule has 0 radical (unpaired) electrons. The van der Waals surface area contributed by atoms with Crippen molar-refractivity contribution in [2.75, 3.05) is 18.1 Å². The van der Waals surface area contributed by atoms with Crippen molar-refractivity contribution in [2.45, 2.75) is 23.5 Å². The van der Waals surface area contributed by atoms with Crippen molar-refractivity contribution in [3.63, 3.8) is 0 Å². The van der Waals surface area contributed by atoms with E-state index < -0.39 is 21.6 Å². The van der Waals surface area contributed by atoms with E-state index in [1.165, 1.54) is 0 Å². The SMILES string of the molecule is O=S1CCS(=O)C1[C@@H]1CCCO1. The monoisotopic (exact) mass is 208 g/mol. The van der Waals surface area contributed by atoms with Gasteiger partial charge in [0.2, 0.25) is 0 Å². The highest BCUT2D eigenvalue weighted by molar-refractivity contribution is 8.06. The fraction of sp³-hybridized carbons (Fsp3) is 1.00. The molecule has 2 rings (SSSR count). The van der Waals surface area contributed by atoms with Gasteiger partial charge in [-0.3, -0.25) is 8.42 Å². The van der Waals surface area contributed by atoms with Gasteiger partial charge in [0.05, 0.1) is 6.10 Å². The molecule has 2 fully saturated rings. The van der Waals surface area contributed by atoms with Gasteiger partial charge < -0.3 is 4.74 Å². The van der Waals surface area contributed by atoms with Gasteiger partial charge in [-0.15, -0.1) is 0 Å². The van der Waals surface area contributed by atoms with Gasteiger partial charge in [-0.05, 0) is 12.8 Å². The summed E-state index contributed by atoms with van der Waals surface area (Å²) >= 11 is 0. The number of hydrogen-bond donors (Lipinski definition) is 0. The highest BCUT2D eigenvalue weighted by Gasteiger charge is 2.39. The summed E-state index contributed by atoms with van der Waals surface area (Å²) in [7, 11) is -1.81. The molecule has 0 saturated carbocycles. The van der Waals surface area contributed by atoms with Crippen molar-refractivity contribution in [2.24, 2.45) is 0 Å². The largest absolute Gasteiger partial charge is 0.376 e. The normalized spacial score (nSPS) is 48.3. The molecule has 0 bridgehead atoms. The van der Waals surface area contributed by atoms with Crippen LogP contribution < -0.4 is 0 Å². The first kappa shape index (κ1) is 8.84. The Balaban J connectivity index is 2.09. The van der Waals surface area contributed by atoms with Crippen LogP contribution in [-0.2, 0) is 26.3 Å². The average molecular weight is 208 g/mol. The minimum atomic E-state index is -0.906. The molecule has 2 saturated heterocycles. The fourth-order valence-corrected chi connectivity index (χ4v) is 6.09. The minimum absolute atomic E-state index is 0.00849. The minimum Gasteiger partial charge on any atom is -0.376 e. The van der Waals surface area contributed by atoms with Gasteiger partial charge in [0.1, 0.15) is 4.58 Å². The van der Waals surface area contributed by atoms with Crippen LogP contribution in [0.3, 0.4) is 0 Å². The Hall–Kier alpha value is 0.260. The van der Waals surface area contributed by atoms with Crippen molar-refractivity contribution in [3.8, 4) is 0 Å². The number of rotatable bonds is 1. The van der Waals surface area contributed by atoms with Crippen molar-refractivity contribution >= 4 is 21.6 Å². The van der Waals surface area contributed by atoms with Gasteiger partial charge in [-0.25, -0.2) is 0 Å². The maximum atomic E-state index is 11.4. The lowest BCUT2D eigenvalue weighted by Crippen LogP contribution is -2.29. The van der Waals surface area contributed by atoms with E-state index in [4.69, 9.17) is 4.74 Å². The number of ether oxygens (including phenoxy) is 1. The molecule has 2 unspecified atom stereocenters. The van der Waals surface area contributed by atoms with Crippen LogP contribution >= 0.6 is 0 Å². The van der Waals surface area contributed by atoms with E-state index in [2.05, 4.69) is 0 Å². The maximum Gasteiger partial charge on any atom is 0.136 e. The van der Waals surface area contributed by atoms with E-state index in [-0.39, 0.29) is 10.7 Å². The van der Waals surface area contributed by atoms with Gasteiger partial charge >= 0.3 is 0 Å². The summed E-state index contributed by atoms with van der Waals surface area (Å²) in [6.45, 7) is 0.746. The first-order valence-electron chi connectivity index (χ1n) is 4.15. The van der Waals surface area contributed by atoms with Crippen LogP contribution in [0, 0.1) is 0 Å². The lowest BCUT2D eigenvalue weighted by atomic mass is 10.3. The maximum absolute atomic E-state index is 11.4. The second-order valence-corrected chi connectivity index (χ2v) is 6.74. The molecule has 0 aromatic rings. The second-order valence-electron chi connectivity index (χ2n) is 3.09. The zero-order valence-electron chi connectivity index (χ0n) is 6.73. The molecule has 3 nitrogen and oxygen atoms in total. The molecule has 0 spiro atoms. The van der Waals surface area contributed by atoms with Crippen LogP contribution in [0.1, 0.15) is 12.8 Å². The van der Waals surface area contributed by atoms with Crippen LogP contribution in [0.5, 0.6) is 0 Å². The smallest absolute Gasteiger partial charge is 0.136 e. The lowest BCUT2D eigenvalue weighted by molar-refractivity contribution is 0.122. The summed E-state index contributed by atoms with van der Waals surface area (Å²) in [5, 5.41) is 0. The highest BCUT2D eigenvalue weighted by atomic mass is 32.3. The molecular weight excluding hydrogens is 196 g/mol. The molecule has 2 aliphatic heterocycles. The van der Waals surface area contributed by atoms with Gasteiger partial charge in [0.15, 0.2) is 0 Å². The summed E-state index contributed by atoms with van der Waals surface area (Å²) in [5.41, 5.74) is 0. The second kappa shape index (κ2) is 3.55. The van der Waals surface area contributed by atoms with Crippen molar-refractivity contribution < 1.29 is 13.2 Å². The molecule has 0 aliphatic carbocycles.